The van der Waals surface area contributed by atoms with E-state index in [2.05, 4.69) is 35.2 Å². The summed E-state index contributed by atoms with van der Waals surface area (Å²) >= 11 is 0. The molecule has 1 aromatic carbocycles. The number of rotatable bonds is 10. The molecule has 5 rings (SSSR count). The molecule has 0 radical (unpaired) electrons. The zero-order chi connectivity index (χ0) is 30.7. The maximum Gasteiger partial charge on any atom is 0.435 e. The van der Waals surface area contributed by atoms with E-state index in [1.807, 2.05) is 4.90 Å². The van der Waals surface area contributed by atoms with Gasteiger partial charge in [-0.3, -0.25) is 4.79 Å². The summed E-state index contributed by atoms with van der Waals surface area (Å²) < 4.78 is 23.6. The van der Waals surface area contributed by atoms with Gasteiger partial charge >= 0.3 is 6.09 Å². The second-order valence-corrected chi connectivity index (χ2v) is 10.9. The van der Waals surface area contributed by atoms with Crippen LogP contribution in [0.5, 0.6) is 0 Å². The summed E-state index contributed by atoms with van der Waals surface area (Å²) in [6, 6.07) is 4.82. The smallest absolute Gasteiger partial charge is 0.435 e. The quantitative estimate of drug-likeness (QED) is 0.156. The van der Waals surface area contributed by atoms with Crippen LogP contribution >= 0.6 is 0 Å². The summed E-state index contributed by atoms with van der Waals surface area (Å²) in [5.74, 6) is -0.804. The number of fused-ring (bicyclic) bond motifs is 2. The van der Waals surface area contributed by atoms with E-state index in [1.165, 1.54) is 6.92 Å². The number of hydrogen-bond donors (Lipinski definition) is 0. The standard InChI is InChI=1S/C26H28FN13O3/c1-15-23(27)22-19(4-3-5-21(22)38(15)14-33-37-30)24(41)40(17-6-7-17)18-8-9-20-16(10-18)11-39(34-20)25(42)43-26(2,12-31-35-28)13-32-36-29/h3-5,11,17-18H,6-10,12-14H2,1-2H3. The number of hydrogen-bond acceptors (Lipinski definition) is 7. The largest absolute Gasteiger partial charge is 0.441 e. The molecule has 1 unspecified atom stereocenters. The number of aryl methyl sites for hydroxylation is 1. The van der Waals surface area contributed by atoms with Gasteiger partial charge in [-0.2, -0.15) is 9.78 Å². The van der Waals surface area contributed by atoms with Crippen LogP contribution in [0.15, 0.2) is 39.7 Å². The molecule has 0 spiro atoms. The lowest BCUT2D eigenvalue weighted by atomic mass is 9.91. The molecule has 17 heteroatoms. The van der Waals surface area contributed by atoms with Gasteiger partial charge in [-0.05, 0) is 80.2 Å². The van der Waals surface area contributed by atoms with Crippen LogP contribution in [-0.4, -0.2) is 62.0 Å². The van der Waals surface area contributed by atoms with E-state index in [9.17, 15) is 9.59 Å². The second kappa shape index (κ2) is 11.9. The van der Waals surface area contributed by atoms with Crippen LogP contribution < -0.4 is 0 Å². The van der Waals surface area contributed by atoms with E-state index in [1.54, 1.807) is 35.9 Å². The second-order valence-electron chi connectivity index (χ2n) is 10.9. The van der Waals surface area contributed by atoms with Crippen molar-refractivity contribution in [3.05, 3.63) is 84.1 Å². The Balaban J connectivity index is 1.40. The third-order valence-corrected chi connectivity index (χ3v) is 7.85. The molecular weight excluding hydrogens is 561 g/mol. The number of azide groups is 3. The number of benzene rings is 1. The topological polar surface area (TPSA) is 216 Å². The lowest BCUT2D eigenvalue weighted by Gasteiger charge is -2.34. The van der Waals surface area contributed by atoms with Gasteiger partial charge in [0.05, 0.1) is 35.6 Å². The van der Waals surface area contributed by atoms with E-state index in [0.29, 0.717) is 30.5 Å². The van der Waals surface area contributed by atoms with E-state index >= 15 is 4.39 Å². The summed E-state index contributed by atoms with van der Waals surface area (Å²) in [5.41, 5.74) is 27.2. The molecule has 1 atom stereocenters. The highest BCUT2D eigenvalue weighted by Gasteiger charge is 2.41. The molecule has 0 bridgehead atoms. The average molecular weight is 590 g/mol. The Kier molecular flexibility index (Phi) is 8.13. The van der Waals surface area contributed by atoms with Crippen LogP contribution in [0.25, 0.3) is 42.2 Å². The van der Waals surface area contributed by atoms with Crippen molar-refractivity contribution in [1.29, 1.82) is 0 Å². The minimum absolute atomic E-state index is 0.0193. The molecule has 222 valence electrons. The van der Waals surface area contributed by atoms with Gasteiger partial charge in [-0.1, -0.05) is 21.4 Å². The molecule has 1 fully saturated rings. The van der Waals surface area contributed by atoms with Gasteiger partial charge in [0.2, 0.25) is 0 Å². The van der Waals surface area contributed by atoms with Gasteiger partial charge in [0.25, 0.3) is 5.91 Å². The van der Waals surface area contributed by atoms with Crippen LogP contribution in [0.3, 0.4) is 0 Å². The van der Waals surface area contributed by atoms with Crippen LogP contribution in [0.4, 0.5) is 9.18 Å². The Morgan fingerprint density at radius 1 is 1.12 bits per heavy atom. The predicted octanol–water partition coefficient (Wildman–Crippen LogP) is 6.08. The first-order valence-electron chi connectivity index (χ1n) is 13.6. The zero-order valence-corrected chi connectivity index (χ0v) is 23.5. The lowest BCUT2D eigenvalue weighted by molar-refractivity contribution is 0.0369. The van der Waals surface area contributed by atoms with Crippen LogP contribution in [0.1, 0.15) is 53.5 Å². The van der Waals surface area contributed by atoms with Gasteiger partial charge in [-0.25, -0.2) is 9.18 Å². The van der Waals surface area contributed by atoms with Crippen molar-refractivity contribution in [3.63, 3.8) is 0 Å². The Morgan fingerprint density at radius 3 is 2.47 bits per heavy atom. The number of aromatic nitrogens is 3. The van der Waals surface area contributed by atoms with Crippen molar-refractivity contribution in [1.82, 2.24) is 19.2 Å². The monoisotopic (exact) mass is 589 g/mol. The van der Waals surface area contributed by atoms with Crippen molar-refractivity contribution in [2.45, 2.75) is 70.3 Å². The van der Waals surface area contributed by atoms with E-state index < -0.39 is 17.5 Å². The third-order valence-electron chi connectivity index (χ3n) is 7.85. The Hall–Kier alpha value is -5.23. The summed E-state index contributed by atoms with van der Waals surface area (Å²) in [6.45, 7) is 2.50. The minimum atomic E-state index is -1.37. The molecule has 3 aromatic rings. The summed E-state index contributed by atoms with van der Waals surface area (Å²) in [7, 11) is 0. The number of carbonyl (C=O) groups excluding carboxylic acids is 2. The van der Waals surface area contributed by atoms with Crippen molar-refractivity contribution in [2.75, 3.05) is 13.1 Å². The van der Waals surface area contributed by atoms with Crippen LogP contribution in [0.2, 0.25) is 0 Å². The van der Waals surface area contributed by atoms with Gasteiger partial charge in [0, 0.05) is 38.4 Å². The fraction of sp³-hybridized carbons (Fsp3) is 0.500. The number of amides is 1. The summed E-state index contributed by atoms with van der Waals surface area (Å²) in [5, 5.41) is 15.1. The molecule has 0 N–H and O–H groups in total. The van der Waals surface area contributed by atoms with Gasteiger partial charge in [0.15, 0.2) is 5.82 Å². The third kappa shape index (κ3) is 5.77. The number of halogens is 1. The Morgan fingerprint density at radius 2 is 1.81 bits per heavy atom. The maximum atomic E-state index is 15.5. The Bertz CT molecular complexity index is 1720. The molecule has 2 aromatic heterocycles. The van der Waals surface area contributed by atoms with E-state index in [4.69, 9.17) is 21.3 Å². The first-order chi connectivity index (χ1) is 20.7. The van der Waals surface area contributed by atoms with Crippen molar-refractivity contribution < 1.29 is 18.7 Å². The highest BCUT2D eigenvalue weighted by atomic mass is 19.1. The lowest BCUT2D eigenvalue weighted by Crippen LogP contribution is -2.45. The molecule has 0 saturated heterocycles. The number of carbonyl (C=O) groups is 2. The van der Waals surface area contributed by atoms with Crippen molar-refractivity contribution in [2.24, 2.45) is 15.3 Å². The SMILES string of the molecule is Cc1c(F)c2c(C(=O)N(C3CC3)C3CCc4nn(C(=O)OC(C)(CN=[N+]=[N-])CN=[N+]=[N-])cc4C3)cccc2n1CN=[N+]=[N-]. The molecule has 2 aliphatic rings. The minimum Gasteiger partial charge on any atom is -0.441 e. The van der Waals surface area contributed by atoms with Gasteiger partial charge in [-0.15, -0.1) is 0 Å². The first-order valence-corrected chi connectivity index (χ1v) is 13.6. The van der Waals surface area contributed by atoms with Crippen molar-refractivity contribution in [3.8, 4) is 0 Å². The van der Waals surface area contributed by atoms with Crippen LogP contribution in [-0.2, 0) is 24.2 Å². The predicted molar refractivity (Wildman–Crippen MR) is 151 cm³/mol. The molecule has 43 heavy (non-hydrogen) atoms. The van der Waals surface area contributed by atoms with Gasteiger partial charge in [0.1, 0.15) is 12.3 Å². The highest BCUT2D eigenvalue weighted by Crippen LogP contribution is 2.37. The fourth-order valence-electron chi connectivity index (χ4n) is 5.60. The fourth-order valence-corrected chi connectivity index (χ4v) is 5.60. The van der Waals surface area contributed by atoms with E-state index in [0.717, 1.165) is 23.1 Å². The normalized spacial score (nSPS) is 17.0. The summed E-state index contributed by atoms with van der Waals surface area (Å²) in [6.07, 6.45) is 3.95. The summed E-state index contributed by atoms with van der Waals surface area (Å²) in [4.78, 5) is 37.0. The molecule has 1 amide bonds. The molecule has 2 aliphatic carbocycles. The number of ether oxygens (including phenoxy) is 1. The maximum absolute atomic E-state index is 15.5. The van der Waals surface area contributed by atoms with Crippen LogP contribution in [0, 0.1) is 12.7 Å². The Labute approximate surface area is 243 Å². The molecule has 0 aliphatic heterocycles. The average Bonchev–Trinajstić information content (AvgIpc) is 3.69. The first kappa shape index (κ1) is 29.3. The molecular formula is C26H28FN13O3. The molecule has 2 heterocycles. The number of nitrogens with zero attached hydrogens (tertiary/aromatic N) is 13. The molecule has 1 saturated carbocycles. The van der Waals surface area contributed by atoms with Crippen molar-refractivity contribution >= 4 is 22.9 Å². The van der Waals surface area contributed by atoms with E-state index in [-0.39, 0.29) is 54.4 Å². The molecule has 16 nitrogen and oxygen atoms in total. The highest BCUT2D eigenvalue weighted by molar-refractivity contribution is 6.07. The van der Waals surface area contributed by atoms with Gasteiger partial charge < -0.3 is 14.2 Å². The zero-order valence-electron chi connectivity index (χ0n) is 23.5.